The summed E-state index contributed by atoms with van der Waals surface area (Å²) in [6, 6.07) is 0. The van der Waals surface area contributed by atoms with Gasteiger partial charge in [0.15, 0.2) is 12.6 Å². The maximum atomic E-state index is 5.42. The zero-order valence-corrected chi connectivity index (χ0v) is 11.5. The van der Waals surface area contributed by atoms with E-state index in [1.807, 2.05) is 27.7 Å². The summed E-state index contributed by atoms with van der Waals surface area (Å²) in [7, 11) is 0. The summed E-state index contributed by atoms with van der Waals surface area (Å²) in [5, 5.41) is 3.22. The molecule has 1 N–H and O–H groups in total. The molecule has 17 heavy (non-hydrogen) atoms. The quantitative estimate of drug-likeness (QED) is 0.529. The zero-order valence-electron chi connectivity index (χ0n) is 11.5. The van der Waals surface area contributed by atoms with Crippen molar-refractivity contribution in [1.82, 2.24) is 5.32 Å². The van der Waals surface area contributed by atoms with Gasteiger partial charge >= 0.3 is 0 Å². The van der Waals surface area contributed by atoms with E-state index >= 15 is 0 Å². The Kier molecular flexibility index (Phi) is 12.1. The van der Waals surface area contributed by atoms with Crippen molar-refractivity contribution in [3.05, 3.63) is 0 Å². The second-order valence-corrected chi connectivity index (χ2v) is 3.34. The Bertz CT molecular complexity index is 129. The normalized spacial score (nSPS) is 11.6. The Labute approximate surface area is 105 Å². The number of nitrogens with one attached hydrogen (secondary N) is 1. The van der Waals surface area contributed by atoms with Crippen LogP contribution in [0.5, 0.6) is 0 Å². The van der Waals surface area contributed by atoms with E-state index < -0.39 is 0 Å². The molecule has 0 unspecified atom stereocenters. The molecule has 0 saturated carbocycles. The molecular formula is C12H27NO4. The van der Waals surface area contributed by atoms with Crippen LogP contribution < -0.4 is 5.32 Å². The molecule has 0 amide bonds. The molecule has 0 aliphatic carbocycles. The summed E-state index contributed by atoms with van der Waals surface area (Å²) in [5.74, 6) is 0. The fourth-order valence-electron chi connectivity index (χ4n) is 1.39. The molecule has 0 spiro atoms. The van der Waals surface area contributed by atoms with Gasteiger partial charge in [-0.3, -0.25) is 0 Å². The Balaban J connectivity index is 3.73. The fourth-order valence-corrected chi connectivity index (χ4v) is 1.39. The average Bonchev–Trinajstić information content (AvgIpc) is 2.30. The van der Waals surface area contributed by atoms with Gasteiger partial charge in [-0.1, -0.05) is 0 Å². The lowest BCUT2D eigenvalue weighted by atomic mass is 10.5. The van der Waals surface area contributed by atoms with E-state index in [0.717, 1.165) is 0 Å². The first-order chi connectivity index (χ1) is 8.28. The minimum absolute atomic E-state index is 0.200. The molecule has 0 fully saturated rings. The maximum Gasteiger partial charge on any atom is 0.169 e. The van der Waals surface area contributed by atoms with Gasteiger partial charge in [0.2, 0.25) is 0 Å². The molecular weight excluding hydrogens is 222 g/mol. The van der Waals surface area contributed by atoms with E-state index in [1.165, 1.54) is 0 Å². The van der Waals surface area contributed by atoms with Crippen molar-refractivity contribution in [3.63, 3.8) is 0 Å². The van der Waals surface area contributed by atoms with E-state index in [-0.39, 0.29) is 12.6 Å². The first kappa shape index (κ1) is 16.8. The number of hydrogen-bond donors (Lipinski definition) is 1. The van der Waals surface area contributed by atoms with Gasteiger partial charge in [0.05, 0.1) is 0 Å². The maximum absolute atomic E-state index is 5.42. The highest BCUT2D eigenvalue weighted by atomic mass is 16.7. The van der Waals surface area contributed by atoms with Crippen LogP contribution in [0.2, 0.25) is 0 Å². The van der Waals surface area contributed by atoms with Gasteiger partial charge in [0.25, 0.3) is 0 Å². The molecule has 0 heterocycles. The molecule has 0 radical (unpaired) electrons. The Hall–Kier alpha value is -0.200. The molecule has 0 saturated heterocycles. The van der Waals surface area contributed by atoms with Gasteiger partial charge in [-0.25, -0.2) is 0 Å². The monoisotopic (exact) mass is 249 g/mol. The molecule has 0 aromatic carbocycles. The van der Waals surface area contributed by atoms with Crippen LogP contribution in [0, 0.1) is 0 Å². The smallest absolute Gasteiger partial charge is 0.169 e. The minimum Gasteiger partial charge on any atom is -0.352 e. The summed E-state index contributed by atoms with van der Waals surface area (Å²) in [5.41, 5.74) is 0. The van der Waals surface area contributed by atoms with Crippen molar-refractivity contribution >= 4 is 0 Å². The number of ether oxygens (including phenoxy) is 4. The second kappa shape index (κ2) is 12.3. The molecule has 0 bridgehead atoms. The number of hydrogen-bond acceptors (Lipinski definition) is 5. The largest absolute Gasteiger partial charge is 0.352 e. The molecule has 0 rings (SSSR count). The number of rotatable bonds is 12. The van der Waals surface area contributed by atoms with Crippen LogP contribution in [0.25, 0.3) is 0 Å². The molecule has 0 aliphatic heterocycles. The van der Waals surface area contributed by atoms with Gasteiger partial charge in [0, 0.05) is 39.5 Å². The first-order valence-corrected chi connectivity index (χ1v) is 6.45. The molecule has 0 atom stereocenters. The van der Waals surface area contributed by atoms with Crippen molar-refractivity contribution in [2.24, 2.45) is 0 Å². The predicted octanol–water partition coefficient (Wildman–Crippen LogP) is 1.37. The van der Waals surface area contributed by atoms with Gasteiger partial charge in [0.1, 0.15) is 0 Å². The SMILES string of the molecule is CCOC(CNCC(OCC)OCC)OCC. The van der Waals surface area contributed by atoms with Crippen molar-refractivity contribution in [2.75, 3.05) is 39.5 Å². The lowest BCUT2D eigenvalue weighted by Gasteiger charge is -2.21. The minimum atomic E-state index is -0.200. The predicted molar refractivity (Wildman–Crippen MR) is 66.9 cm³/mol. The van der Waals surface area contributed by atoms with Crippen LogP contribution in [0.1, 0.15) is 27.7 Å². The van der Waals surface area contributed by atoms with Crippen LogP contribution >= 0.6 is 0 Å². The third kappa shape index (κ3) is 9.50. The second-order valence-electron chi connectivity index (χ2n) is 3.34. The van der Waals surface area contributed by atoms with Crippen molar-refractivity contribution in [2.45, 2.75) is 40.3 Å². The van der Waals surface area contributed by atoms with Gasteiger partial charge in [-0.15, -0.1) is 0 Å². The lowest BCUT2D eigenvalue weighted by Crippen LogP contribution is -2.38. The molecule has 0 aliphatic rings. The van der Waals surface area contributed by atoms with Crippen LogP contribution in [-0.4, -0.2) is 52.1 Å². The van der Waals surface area contributed by atoms with Gasteiger partial charge < -0.3 is 24.3 Å². The molecule has 0 aromatic heterocycles. The lowest BCUT2D eigenvalue weighted by molar-refractivity contribution is -0.147. The first-order valence-electron chi connectivity index (χ1n) is 6.45. The average molecular weight is 249 g/mol. The fraction of sp³-hybridized carbons (Fsp3) is 1.00. The Morgan fingerprint density at radius 3 is 1.18 bits per heavy atom. The van der Waals surface area contributed by atoms with E-state index in [0.29, 0.717) is 39.5 Å². The summed E-state index contributed by atoms with van der Waals surface area (Å²) in [6.45, 7) is 11.7. The van der Waals surface area contributed by atoms with Crippen molar-refractivity contribution < 1.29 is 18.9 Å². The third-order valence-corrected chi connectivity index (χ3v) is 2.03. The molecule has 0 aromatic rings. The summed E-state index contributed by atoms with van der Waals surface area (Å²) >= 11 is 0. The van der Waals surface area contributed by atoms with Crippen LogP contribution in [0.15, 0.2) is 0 Å². The van der Waals surface area contributed by atoms with Gasteiger partial charge in [-0.05, 0) is 27.7 Å². The van der Waals surface area contributed by atoms with E-state index in [1.54, 1.807) is 0 Å². The van der Waals surface area contributed by atoms with E-state index in [9.17, 15) is 0 Å². The molecule has 5 nitrogen and oxygen atoms in total. The van der Waals surface area contributed by atoms with E-state index in [4.69, 9.17) is 18.9 Å². The van der Waals surface area contributed by atoms with E-state index in [2.05, 4.69) is 5.32 Å². The van der Waals surface area contributed by atoms with Crippen molar-refractivity contribution in [1.29, 1.82) is 0 Å². The topological polar surface area (TPSA) is 49.0 Å². The Morgan fingerprint density at radius 2 is 0.941 bits per heavy atom. The third-order valence-electron chi connectivity index (χ3n) is 2.03. The highest BCUT2D eigenvalue weighted by molar-refractivity contribution is 4.55. The van der Waals surface area contributed by atoms with Crippen molar-refractivity contribution in [3.8, 4) is 0 Å². The molecule has 104 valence electrons. The highest BCUT2D eigenvalue weighted by Crippen LogP contribution is 1.96. The standard InChI is InChI=1S/C12H27NO4/c1-5-14-11(15-6-2)9-13-10-12(16-7-3)17-8-4/h11-13H,5-10H2,1-4H3. The summed E-state index contributed by atoms with van der Waals surface area (Å²) in [6.07, 6.45) is -0.400. The Morgan fingerprint density at radius 1 is 0.647 bits per heavy atom. The van der Waals surface area contributed by atoms with Crippen LogP contribution in [0.3, 0.4) is 0 Å². The van der Waals surface area contributed by atoms with Gasteiger partial charge in [-0.2, -0.15) is 0 Å². The summed E-state index contributed by atoms with van der Waals surface area (Å²) in [4.78, 5) is 0. The molecule has 5 heteroatoms. The highest BCUT2D eigenvalue weighted by Gasteiger charge is 2.10. The summed E-state index contributed by atoms with van der Waals surface area (Å²) < 4.78 is 21.7. The van der Waals surface area contributed by atoms with Crippen LogP contribution in [-0.2, 0) is 18.9 Å². The van der Waals surface area contributed by atoms with Crippen LogP contribution in [0.4, 0.5) is 0 Å². The zero-order chi connectivity index (χ0) is 12.9.